The fourth-order valence-electron chi connectivity index (χ4n) is 1.19. The quantitative estimate of drug-likeness (QED) is 0.666. The normalized spacial score (nSPS) is 13.2. The highest BCUT2D eigenvalue weighted by atomic mass is 16.5. The molecule has 0 aliphatic heterocycles. The minimum atomic E-state index is -0.700. The predicted molar refractivity (Wildman–Crippen MR) is 51.7 cm³/mol. The summed E-state index contributed by atoms with van der Waals surface area (Å²) in [6, 6.07) is 0. The van der Waals surface area contributed by atoms with Gasteiger partial charge in [0.1, 0.15) is 0 Å². The van der Waals surface area contributed by atoms with Crippen molar-refractivity contribution in [3.63, 3.8) is 0 Å². The molecule has 0 aliphatic carbocycles. The molecule has 0 radical (unpaired) electrons. The van der Waals surface area contributed by atoms with Gasteiger partial charge in [-0.2, -0.15) is 0 Å². The Bertz CT molecular complexity index is 143. The standard InChI is InChI=1S/C10H20O3/c1-4-5-9(10(11)12)6-7-13-8(2)3/h8-9H,4-7H2,1-3H3,(H,11,12). The second-order valence-electron chi connectivity index (χ2n) is 3.53. The lowest BCUT2D eigenvalue weighted by molar-refractivity contribution is -0.142. The van der Waals surface area contributed by atoms with Crippen LogP contribution in [0.5, 0.6) is 0 Å². The number of hydrogen-bond acceptors (Lipinski definition) is 2. The summed E-state index contributed by atoms with van der Waals surface area (Å²) in [6.07, 6.45) is 2.48. The molecular weight excluding hydrogens is 168 g/mol. The molecule has 0 rings (SSSR count). The molecule has 13 heavy (non-hydrogen) atoms. The monoisotopic (exact) mass is 188 g/mol. The average molecular weight is 188 g/mol. The van der Waals surface area contributed by atoms with E-state index in [4.69, 9.17) is 9.84 Å². The fraction of sp³-hybridized carbons (Fsp3) is 0.900. The van der Waals surface area contributed by atoms with Crippen LogP contribution in [0.1, 0.15) is 40.0 Å². The molecule has 0 amide bonds. The largest absolute Gasteiger partial charge is 0.481 e. The smallest absolute Gasteiger partial charge is 0.306 e. The third kappa shape index (κ3) is 6.58. The first-order chi connectivity index (χ1) is 6.07. The Kier molecular flexibility index (Phi) is 6.59. The summed E-state index contributed by atoms with van der Waals surface area (Å²) < 4.78 is 5.31. The van der Waals surface area contributed by atoms with E-state index in [0.717, 1.165) is 12.8 Å². The van der Waals surface area contributed by atoms with E-state index in [-0.39, 0.29) is 12.0 Å². The van der Waals surface area contributed by atoms with Crippen molar-refractivity contribution in [2.24, 2.45) is 5.92 Å². The summed E-state index contributed by atoms with van der Waals surface area (Å²) in [7, 11) is 0. The van der Waals surface area contributed by atoms with Crippen LogP contribution in [0.4, 0.5) is 0 Å². The summed E-state index contributed by atoms with van der Waals surface area (Å²) in [5, 5.41) is 8.81. The second kappa shape index (κ2) is 6.89. The Morgan fingerprint density at radius 3 is 2.38 bits per heavy atom. The van der Waals surface area contributed by atoms with Gasteiger partial charge in [0.15, 0.2) is 0 Å². The van der Waals surface area contributed by atoms with Gasteiger partial charge in [0.2, 0.25) is 0 Å². The van der Waals surface area contributed by atoms with Crippen molar-refractivity contribution >= 4 is 5.97 Å². The molecule has 1 N–H and O–H groups in total. The third-order valence-electron chi connectivity index (χ3n) is 1.90. The summed E-state index contributed by atoms with van der Waals surface area (Å²) in [5.74, 6) is -0.932. The minimum Gasteiger partial charge on any atom is -0.481 e. The van der Waals surface area contributed by atoms with Crippen LogP contribution in [0, 0.1) is 5.92 Å². The molecule has 0 heterocycles. The first-order valence-electron chi connectivity index (χ1n) is 4.92. The van der Waals surface area contributed by atoms with E-state index in [9.17, 15) is 4.79 Å². The highest BCUT2D eigenvalue weighted by Crippen LogP contribution is 2.11. The van der Waals surface area contributed by atoms with E-state index < -0.39 is 5.97 Å². The second-order valence-corrected chi connectivity index (χ2v) is 3.53. The Labute approximate surface area is 80.1 Å². The van der Waals surface area contributed by atoms with E-state index in [1.807, 2.05) is 20.8 Å². The van der Waals surface area contributed by atoms with Gasteiger partial charge in [0, 0.05) is 6.61 Å². The number of carbonyl (C=O) groups is 1. The minimum absolute atomic E-state index is 0.191. The topological polar surface area (TPSA) is 46.5 Å². The Morgan fingerprint density at radius 1 is 1.38 bits per heavy atom. The molecule has 0 aromatic carbocycles. The zero-order valence-corrected chi connectivity index (χ0v) is 8.75. The lowest BCUT2D eigenvalue weighted by Crippen LogP contribution is -2.17. The molecule has 0 bridgehead atoms. The number of ether oxygens (including phenoxy) is 1. The summed E-state index contributed by atoms with van der Waals surface area (Å²) in [5.41, 5.74) is 0. The van der Waals surface area contributed by atoms with Crippen LogP contribution in [-0.2, 0) is 9.53 Å². The zero-order valence-electron chi connectivity index (χ0n) is 8.75. The highest BCUT2D eigenvalue weighted by molar-refractivity contribution is 5.69. The van der Waals surface area contributed by atoms with Crippen LogP contribution in [0.3, 0.4) is 0 Å². The maximum absolute atomic E-state index is 10.7. The van der Waals surface area contributed by atoms with Gasteiger partial charge in [-0.15, -0.1) is 0 Å². The number of carboxylic acids is 1. The molecule has 0 saturated heterocycles. The van der Waals surface area contributed by atoms with Crippen molar-refractivity contribution in [3.8, 4) is 0 Å². The molecule has 0 fully saturated rings. The first-order valence-corrected chi connectivity index (χ1v) is 4.92. The van der Waals surface area contributed by atoms with Crippen LogP contribution in [0.15, 0.2) is 0 Å². The Balaban J connectivity index is 3.63. The van der Waals surface area contributed by atoms with Crippen LogP contribution in [0.2, 0.25) is 0 Å². The Morgan fingerprint density at radius 2 is 2.00 bits per heavy atom. The summed E-state index contributed by atoms with van der Waals surface area (Å²) in [4.78, 5) is 10.7. The third-order valence-corrected chi connectivity index (χ3v) is 1.90. The maximum atomic E-state index is 10.7. The van der Waals surface area contributed by atoms with Crippen molar-refractivity contribution in [2.75, 3.05) is 6.61 Å². The Hall–Kier alpha value is -0.570. The van der Waals surface area contributed by atoms with Crippen LogP contribution in [-0.4, -0.2) is 23.8 Å². The van der Waals surface area contributed by atoms with Crippen molar-refractivity contribution in [3.05, 3.63) is 0 Å². The van der Waals surface area contributed by atoms with Gasteiger partial charge in [-0.25, -0.2) is 0 Å². The molecule has 78 valence electrons. The molecule has 0 spiro atoms. The zero-order chi connectivity index (χ0) is 10.3. The molecular formula is C10H20O3. The van der Waals surface area contributed by atoms with Gasteiger partial charge in [-0.1, -0.05) is 13.3 Å². The summed E-state index contributed by atoms with van der Waals surface area (Å²) >= 11 is 0. The lowest BCUT2D eigenvalue weighted by atomic mass is 10.0. The number of rotatable bonds is 7. The lowest BCUT2D eigenvalue weighted by Gasteiger charge is -2.12. The van der Waals surface area contributed by atoms with Gasteiger partial charge in [-0.05, 0) is 26.7 Å². The van der Waals surface area contributed by atoms with E-state index in [0.29, 0.717) is 13.0 Å². The molecule has 3 nitrogen and oxygen atoms in total. The number of aliphatic carboxylic acids is 1. The molecule has 0 aliphatic rings. The van der Waals surface area contributed by atoms with Crippen LogP contribution >= 0.6 is 0 Å². The van der Waals surface area contributed by atoms with Crippen LogP contribution in [0.25, 0.3) is 0 Å². The van der Waals surface area contributed by atoms with Gasteiger partial charge in [0.25, 0.3) is 0 Å². The van der Waals surface area contributed by atoms with E-state index in [1.165, 1.54) is 0 Å². The van der Waals surface area contributed by atoms with Gasteiger partial charge >= 0.3 is 5.97 Å². The molecule has 1 unspecified atom stereocenters. The van der Waals surface area contributed by atoms with Gasteiger partial charge < -0.3 is 9.84 Å². The molecule has 0 aromatic rings. The van der Waals surface area contributed by atoms with E-state index >= 15 is 0 Å². The van der Waals surface area contributed by atoms with E-state index in [1.54, 1.807) is 0 Å². The molecule has 1 atom stereocenters. The van der Waals surface area contributed by atoms with Crippen molar-refractivity contribution in [1.82, 2.24) is 0 Å². The first kappa shape index (κ1) is 12.4. The number of carboxylic acid groups (broad SMARTS) is 1. The SMILES string of the molecule is CCCC(CCOC(C)C)C(=O)O. The van der Waals surface area contributed by atoms with E-state index in [2.05, 4.69) is 0 Å². The fourth-order valence-corrected chi connectivity index (χ4v) is 1.19. The predicted octanol–water partition coefficient (Wildman–Crippen LogP) is 2.30. The van der Waals surface area contributed by atoms with Gasteiger partial charge in [-0.3, -0.25) is 4.79 Å². The molecule has 0 saturated carbocycles. The number of hydrogen-bond donors (Lipinski definition) is 1. The van der Waals surface area contributed by atoms with Gasteiger partial charge in [0.05, 0.1) is 12.0 Å². The summed E-state index contributed by atoms with van der Waals surface area (Å²) in [6.45, 7) is 6.46. The maximum Gasteiger partial charge on any atom is 0.306 e. The highest BCUT2D eigenvalue weighted by Gasteiger charge is 2.15. The van der Waals surface area contributed by atoms with Crippen LogP contribution < -0.4 is 0 Å². The molecule has 0 aromatic heterocycles. The van der Waals surface area contributed by atoms with Crippen molar-refractivity contribution in [1.29, 1.82) is 0 Å². The van der Waals surface area contributed by atoms with Crippen molar-refractivity contribution in [2.45, 2.75) is 46.1 Å². The average Bonchev–Trinajstić information content (AvgIpc) is 2.02. The van der Waals surface area contributed by atoms with Crippen molar-refractivity contribution < 1.29 is 14.6 Å². The molecule has 3 heteroatoms.